The minimum Gasteiger partial charge on any atom is -0.378 e. The molecular weight excluding hydrogens is 465 g/mol. The molecule has 2 aliphatic rings. The molecule has 2 aliphatic heterocycles. The topological polar surface area (TPSA) is 49.9 Å². The van der Waals surface area contributed by atoms with Crippen molar-refractivity contribution >= 4 is 16.8 Å². The molecule has 34 heavy (non-hydrogen) atoms. The number of hydrogen-bond acceptors (Lipinski definition) is 3. The first-order valence-corrected chi connectivity index (χ1v) is 13.0. The molecular formula is C25H29F3N2O3S. The van der Waals surface area contributed by atoms with Crippen LogP contribution in [-0.2, 0) is 27.5 Å². The molecule has 2 amide bonds. The van der Waals surface area contributed by atoms with Crippen molar-refractivity contribution in [2.75, 3.05) is 45.1 Å². The van der Waals surface area contributed by atoms with E-state index >= 15 is 0 Å². The van der Waals surface area contributed by atoms with Crippen LogP contribution in [0.25, 0.3) is 0 Å². The molecule has 0 spiro atoms. The monoisotopic (exact) mass is 494 g/mol. The summed E-state index contributed by atoms with van der Waals surface area (Å²) in [6.45, 7) is 2.95. The van der Waals surface area contributed by atoms with E-state index in [2.05, 4.69) is 0 Å². The average molecular weight is 495 g/mol. The van der Waals surface area contributed by atoms with E-state index in [1.807, 2.05) is 30.3 Å². The van der Waals surface area contributed by atoms with Crippen molar-refractivity contribution in [2.24, 2.45) is 5.92 Å². The van der Waals surface area contributed by atoms with Gasteiger partial charge in [0.1, 0.15) is 0 Å². The number of morpholine rings is 1. The lowest BCUT2D eigenvalue weighted by Crippen LogP contribution is -2.52. The van der Waals surface area contributed by atoms with Crippen LogP contribution in [0.1, 0.15) is 29.0 Å². The van der Waals surface area contributed by atoms with Crippen LogP contribution < -0.4 is 0 Å². The molecule has 0 bridgehead atoms. The van der Waals surface area contributed by atoms with Gasteiger partial charge in [-0.1, -0.05) is 42.5 Å². The van der Waals surface area contributed by atoms with Crippen molar-refractivity contribution in [1.82, 2.24) is 9.80 Å². The Kier molecular flexibility index (Phi) is 7.93. The maximum atomic E-state index is 13.2. The molecule has 4 rings (SSSR count). The van der Waals surface area contributed by atoms with Crippen LogP contribution in [0.4, 0.5) is 18.0 Å². The summed E-state index contributed by atoms with van der Waals surface area (Å²) in [7, 11) is -1.11. The van der Waals surface area contributed by atoms with Crippen molar-refractivity contribution in [1.29, 1.82) is 0 Å². The summed E-state index contributed by atoms with van der Waals surface area (Å²) in [5.74, 6) is 0.772. The number of ether oxygens (including phenoxy) is 1. The van der Waals surface area contributed by atoms with Gasteiger partial charge in [-0.2, -0.15) is 13.2 Å². The fourth-order valence-corrected chi connectivity index (χ4v) is 6.15. The van der Waals surface area contributed by atoms with Crippen LogP contribution >= 0.6 is 0 Å². The highest BCUT2D eigenvalue weighted by atomic mass is 32.2. The van der Waals surface area contributed by atoms with E-state index in [0.29, 0.717) is 57.3 Å². The molecule has 0 aliphatic carbocycles. The number of likely N-dealkylation sites (tertiary alicyclic amines) is 1. The fraction of sp³-hybridized carbons (Fsp3) is 0.480. The summed E-state index contributed by atoms with van der Waals surface area (Å²) < 4.78 is 57.3. The maximum absolute atomic E-state index is 13.2. The molecule has 3 atom stereocenters. The van der Waals surface area contributed by atoms with Gasteiger partial charge in [0.05, 0.1) is 18.8 Å². The molecule has 5 nitrogen and oxygen atoms in total. The van der Waals surface area contributed by atoms with E-state index in [1.165, 1.54) is 12.1 Å². The van der Waals surface area contributed by atoms with Gasteiger partial charge in [-0.05, 0) is 35.6 Å². The van der Waals surface area contributed by atoms with Crippen LogP contribution in [0.2, 0.25) is 0 Å². The third-order valence-electron chi connectivity index (χ3n) is 6.39. The molecule has 0 N–H and O–H groups in total. The van der Waals surface area contributed by atoms with Crippen LogP contribution in [0.5, 0.6) is 0 Å². The lowest BCUT2D eigenvalue weighted by molar-refractivity contribution is -0.137. The highest BCUT2D eigenvalue weighted by Gasteiger charge is 2.35. The zero-order valence-corrected chi connectivity index (χ0v) is 19.7. The number of piperidine rings is 1. The minimum absolute atomic E-state index is 0.00409. The summed E-state index contributed by atoms with van der Waals surface area (Å²) in [6, 6.07) is 14.8. The summed E-state index contributed by atoms with van der Waals surface area (Å²) in [4.78, 5) is 16.7. The Hall–Kier alpha value is -2.39. The summed E-state index contributed by atoms with van der Waals surface area (Å²) in [6.07, 6.45) is -3.71. The first kappa shape index (κ1) is 24.7. The van der Waals surface area contributed by atoms with E-state index < -0.39 is 22.5 Å². The SMILES string of the molecule is O=C(N1CCOCC1)N1CC(CS(=O)Cc2ccccc2)CC(c2ccc(C(F)(F)F)cc2)C1. The van der Waals surface area contributed by atoms with Gasteiger partial charge in [0.25, 0.3) is 0 Å². The van der Waals surface area contributed by atoms with Gasteiger partial charge in [0, 0.05) is 54.4 Å². The molecule has 0 saturated carbocycles. The van der Waals surface area contributed by atoms with Crippen molar-refractivity contribution in [3.63, 3.8) is 0 Å². The second-order valence-electron chi connectivity index (χ2n) is 8.94. The first-order chi connectivity index (χ1) is 16.3. The van der Waals surface area contributed by atoms with Gasteiger partial charge < -0.3 is 14.5 Å². The minimum atomic E-state index is -4.39. The largest absolute Gasteiger partial charge is 0.416 e. The lowest BCUT2D eigenvalue weighted by Gasteiger charge is -2.41. The van der Waals surface area contributed by atoms with Crippen LogP contribution in [0, 0.1) is 5.92 Å². The number of nitrogens with zero attached hydrogens (tertiary/aromatic N) is 2. The van der Waals surface area contributed by atoms with Gasteiger partial charge in [-0.25, -0.2) is 4.79 Å². The number of benzene rings is 2. The predicted octanol–water partition coefficient (Wildman–Crippen LogP) is 4.51. The van der Waals surface area contributed by atoms with E-state index in [9.17, 15) is 22.2 Å². The normalized spacial score (nSPS) is 22.4. The number of hydrogen-bond donors (Lipinski definition) is 0. The molecule has 2 fully saturated rings. The van der Waals surface area contributed by atoms with Crippen molar-refractivity contribution in [3.8, 4) is 0 Å². The average Bonchev–Trinajstić information content (AvgIpc) is 2.84. The smallest absolute Gasteiger partial charge is 0.378 e. The van der Waals surface area contributed by atoms with E-state index in [-0.39, 0.29) is 17.9 Å². The van der Waals surface area contributed by atoms with Crippen molar-refractivity contribution in [2.45, 2.75) is 24.3 Å². The van der Waals surface area contributed by atoms with Gasteiger partial charge in [-0.3, -0.25) is 4.21 Å². The van der Waals surface area contributed by atoms with Crippen LogP contribution in [0.3, 0.4) is 0 Å². The predicted molar refractivity (Wildman–Crippen MR) is 125 cm³/mol. The Balaban J connectivity index is 1.49. The number of alkyl halides is 3. The molecule has 3 unspecified atom stereocenters. The number of carbonyl (C=O) groups excluding carboxylic acids is 1. The van der Waals surface area contributed by atoms with Crippen LogP contribution in [-0.4, -0.2) is 65.2 Å². The van der Waals surface area contributed by atoms with Gasteiger partial charge in [0.2, 0.25) is 0 Å². The number of urea groups is 1. The van der Waals surface area contributed by atoms with Crippen LogP contribution in [0.15, 0.2) is 54.6 Å². The Morgan fingerprint density at radius 2 is 1.65 bits per heavy atom. The van der Waals surface area contributed by atoms with Crippen molar-refractivity contribution in [3.05, 3.63) is 71.3 Å². The first-order valence-electron chi connectivity index (χ1n) is 11.5. The van der Waals surface area contributed by atoms with Gasteiger partial charge in [0.15, 0.2) is 0 Å². The van der Waals surface area contributed by atoms with E-state index in [1.54, 1.807) is 9.80 Å². The molecule has 2 heterocycles. The zero-order valence-electron chi connectivity index (χ0n) is 18.9. The third-order valence-corrected chi connectivity index (χ3v) is 7.89. The second kappa shape index (κ2) is 10.9. The molecule has 0 radical (unpaired) electrons. The Morgan fingerprint density at radius 1 is 0.971 bits per heavy atom. The quantitative estimate of drug-likeness (QED) is 0.615. The fourth-order valence-electron chi connectivity index (χ4n) is 4.70. The van der Waals surface area contributed by atoms with Gasteiger partial charge >= 0.3 is 12.2 Å². The number of carbonyl (C=O) groups is 1. The number of halogens is 3. The third kappa shape index (κ3) is 6.39. The molecule has 184 valence electrons. The number of rotatable bonds is 5. The highest BCUT2D eigenvalue weighted by molar-refractivity contribution is 7.84. The molecule has 2 aromatic rings. The molecule has 9 heteroatoms. The summed E-state index contributed by atoms with van der Waals surface area (Å²) in [5.41, 5.74) is 1.08. The Morgan fingerprint density at radius 3 is 2.29 bits per heavy atom. The van der Waals surface area contributed by atoms with Gasteiger partial charge in [-0.15, -0.1) is 0 Å². The highest BCUT2D eigenvalue weighted by Crippen LogP contribution is 2.34. The van der Waals surface area contributed by atoms with E-state index in [4.69, 9.17) is 4.74 Å². The lowest BCUT2D eigenvalue weighted by atomic mass is 9.85. The summed E-state index contributed by atoms with van der Waals surface area (Å²) in [5, 5.41) is 0. The Bertz CT molecular complexity index is 979. The van der Waals surface area contributed by atoms with Crippen molar-refractivity contribution < 1.29 is 26.9 Å². The molecule has 2 saturated heterocycles. The number of amides is 2. The maximum Gasteiger partial charge on any atom is 0.416 e. The summed E-state index contributed by atoms with van der Waals surface area (Å²) >= 11 is 0. The molecule has 2 aromatic carbocycles. The molecule has 0 aromatic heterocycles. The standard InChI is InChI=1S/C25H29F3N2O3S/c26-25(27,28)23-8-6-21(7-9-23)22-14-20(18-34(32)17-19-4-2-1-3-5-19)15-30(16-22)24(31)29-10-12-33-13-11-29/h1-9,20,22H,10-18H2. The van der Waals surface area contributed by atoms with E-state index in [0.717, 1.165) is 23.3 Å². The second-order valence-corrected chi connectivity index (χ2v) is 10.4. The Labute approximate surface area is 200 Å². The zero-order chi connectivity index (χ0) is 24.1.